The van der Waals surface area contributed by atoms with Crippen molar-refractivity contribution < 1.29 is 34.1 Å². The van der Waals surface area contributed by atoms with Crippen molar-refractivity contribution >= 4 is 23.3 Å². The van der Waals surface area contributed by atoms with Crippen molar-refractivity contribution in [3.05, 3.63) is 39.8 Å². The molecule has 1 unspecified atom stereocenters. The standard InChI is InChI=1S/C26H30N2O7/c1-12-22(32)20(14(3)29)24-21(23(12)33)26(4)17(35-24)10-16(30)19(25(26)34)13(2)27-11-18(31)28-15-8-6-5-7-9-15/h10,15,27,32-33H,5-9,11H2,1-4H3,(H,28,31). The third-order valence-corrected chi connectivity index (χ3v) is 7.24. The number of phenolic OH excluding ortho intramolecular Hbond substituents is 2. The van der Waals surface area contributed by atoms with Crippen molar-refractivity contribution in [1.29, 1.82) is 0 Å². The molecule has 3 aliphatic rings. The summed E-state index contributed by atoms with van der Waals surface area (Å²) in [6.45, 7) is 5.61. The number of fused-ring (bicyclic) bond motifs is 3. The van der Waals surface area contributed by atoms with E-state index in [0.717, 1.165) is 31.8 Å². The van der Waals surface area contributed by atoms with E-state index in [2.05, 4.69) is 10.6 Å². The summed E-state index contributed by atoms with van der Waals surface area (Å²) in [5.74, 6) is -2.96. The summed E-state index contributed by atoms with van der Waals surface area (Å²) in [5, 5.41) is 27.2. The predicted octanol–water partition coefficient (Wildman–Crippen LogP) is 2.61. The van der Waals surface area contributed by atoms with Crippen LogP contribution in [-0.2, 0) is 19.8 Å². The van der Waals surface area contributed by atoms with Crippen molar-refractivity contribution in [2.45, 2.75) is 71.3 Å². The molecule has 0 radical (unpaired) electrons. The fraction of sp³-hybridized carbons (Fsp3) is 0.462. The number of nitrogens with one attached hydrogen (secondary N) is 2. The number of rotatable bonds is 5. The van der Waals surface area contributed by atoms with E-state index < -0.39 is 28.5 Å². The fourth-order valence-electron chi connectivity index (χ4n) is 5.19. The van der Waals surface area contributed by atoms with Gasteiger partial charge in [-0.2, -0.15) is 0 Å². The summed E-state index contributed by atoms with van der Waals surface area (Å²) in [6.07, 6.45) is 6.36. The lowest BCUT2D eigenvalue weighted by molar-refractivity contribution is -0.124. The number of amides is 1. The Balaban J connectivity index is 1.67. The van der Waals surface area contributed by atoms with Gasteiger partial charge in [0.25, 0.3) is 0 Å². The molecule has 0 saturated heterocycles. The zero-order chi connectivity index (χ0) is 25.7. The maximum Gasteiger partial charge on any atom is 0.239 e. The van der Waals surface area contributed by atoms with Crippen LogP contribution in [0.4, 0.5) is 0 Å². The molecule has 9 heteroatoms. The van der Waals surface area contributed by atoms with Gasteiger partial charge in [0, 0.05) is 23.4 Å². The van der Waals surface area contributed by atoms with Gasteiger partial charge in [0.15, 0.2) is 17.3 Å². The Labute approximate surface area is 203 Å². The topological polar surface area (TPSA) is 142 Å². The van der Waals surface area contributed by atoms with E-state index in [0.29, 0.717) is 0 Å². The van der Waals surface area contributed by atoms with Crippen molar-refractivity contribution in [1.82, 2.24) is 10.6 Å². The number of ketones is 3. The fourth-order valence-corrected chi connectivity index (χ4v) is 5.19. The van der Waals surface area contributed by atoms with Crippen molar-refractivity contribution in [3.63, 3.8) is 0 Å². The Morgan fingerprint density at radius 1 is 1.11 bits per heavy atom. The van der Waals surface area contributed by atoms with E-state index in [1.54, 1.807) is 6.92 Å². The molecule has 1 atom stereocenters. The number of carbonyl (C=O) groups excluding carboxylic acids is 4. The first-order chi connectivity index (χ1) is 16.5. The number of Topliss-reactive ketones (excluding diaryl/α,β-unsaturated/α-hetero) is 2. The van der Waals surface area contributed by atoms with Crippen molar-refractivity contribution in [2.24, 2.45) is 0 Å². The molecule has 1 aliphatic heterocycles. The number of hydrogen-bond acceptors (Lipinski definition) is 8. The first kappa shape index (κ1) is 24.5. The second-order valence-corrected chi connectivity index (χ2v) is 9.64. The summed E-state index contributed by atoms with van der Waals surface area (Å²) >= 11 is 0. The summed E-state index contributed by atoms with van der Waals surface area (Å²) in [6, 6.07) is 0.138. The Bertz CT molecular complexity index is 1220. The van der Waals surface area contributed by atoms with Gasteiger partial charge in [-0.25, -0.2) is 0 Å². The summed E-state index contributed by atoms with van der Waals surface area (Å²) in [5.41, 5.74) is -1.62. The van der Waals surface area contributed by atoms with Gasteiger partial charge in [-0.15, -0.1) is 0 Å². The molecule has 4 N–H and O–H groups in total. The van der Waals surface area contributed by atoms with Crippen LogP contribution in [0.15, 0.2) is 23.1 Å². The number of benzene rings is 1. The first-order valence-electron chi connectivity index (χ1n) is 11.8. The number of carbonyl (C=O) groups is 4. The molecule has 1 heterocycles. The summed E-state index contributed by atoms with van der Waals surface area (Å²) in [4.78, 5) is 51.3. The minimum atomic E-state index is -1.58. The van der Waals surface area contributed by atoms with Crippen LogP contribution in [0.3, 0.4) is 0 Å². The van der Waals surface area contributed by atoms with Gasteiger partial charge in [0.2, 0.25) is 5.91 Å². The number of hydrogen-bond donors (Lipinski definition) is 4. The van der Waals surface area contributed by atoms with Gasteiger partial charge in [-0.05, 0) is 40.5 Å². The normalized spacial score (nSPS) is 23.1. The van der Waals surface area contributed by atoms with Crippen LogP contribution in [0.25, 0.3) is 0 Å². The summed E-state index contributed by atoms with van der Waals surface area (Å²) in [7, 11) is 0. The quantitative estimate of drug-likeness (QED) is 0.285. The Morgan fingerprint density at radius 2 is 1.77 bits per heavy atom. The molecule has 186 valence electrons. The molecule has 9 nitrogen and oxygen atoms in total. The van der Waals surface area contributed by atoms with E-state index in [4.69, 9.17) is 4.74 Å². The highest BCUT2D eigenvalue weighted by Gasteiger charge is 2.56. The number of aromatic hydroxyl groups is 2. The highest BCUT2D eigenvalue weighted by atomic mass is 16.5. The molecular formula is C26H30N2O7. The van der Waals surface area contributed by atoms with Gasteiger partial charge >= 0.3 is 0 Å². The Kier molecular flexibility index (Phi) is 6.21. The van der Waals surface area contributed by atoms with E-state index in [1.807, 2.05) is 0 Å². The van der Waals surface area contributed by atoms with Gasteiger partial charge < -0.3 is 25.6 Å². The highest BCUT2D eigenvalue weighted by Crippen LogP contribution is 2.57. The van der Waals surface area contributed by atoms with Crippen LogP contribution < -0.4 is 15.4 Å². The van der Waals surface area contributed by atoms with E-state index >= 15 is 0 Å². The van der Waals surface area contributed by atoms with E-state index in [-0.39, 0.29) is 63.7 Å². The predicted molar refractivity (Wildman–Crippen MR) is 126 cm³/mol. The third kappa shape index (κ3) is 3.88. The molecule has 0 bridgehead atoms. The molecule has 4 rings (SSSR count). The second kappa shape index (κ2) is 8.87. The van der Waals surface area contributed by atoms with Crippen molar-refractivity contribution in [3.8, 4) is 17.2 Å². The highest BCUT2D eigenvalue weighted by molar-refractivity contribution is 6.31. The molecule has 35 heavy (non-hydrogen) atoms. The second-order valence-electron chi connectivity index (χ2n) is 9.64. The van der Waals surface area contributed by atoms with Crippen LogP contribution in [0, 0.1) is 6.92 Å². The largest absolute Gasteiger partial charge is 0.507 e. The molecular weight excluding hydrogens is 452 g/mol. The Hall–Kier alpha value is -3.62. The zero-order valence-corrected chi connectivity index (χ0v) is 20.3. The number of phenols is 2. The maximum absolute atomic E-state index is 13.7. The maximum atomic E-state index is 13.7. The lowest BCUT2D eigenvalue weighted by atomic mass is 9.70. The lowest BCUT2D eigenvalue weighted by Crippen LogP contribution is -2.43. The molecule has 0 aromatic heterocycles. The third-order valence-electron chi connectivity index (χ3n) is 7.24. The van der Waals surface area contributed by atoms with E-state index in [9.17, 15) is 29.4 Å². The molecule has 0 spiro atoms. The summed E-state index contributed by atoms with van der Waals surface area (Å²) < 4.78 is 5.75. The van der Waals surface area contributed by atoms with Gasteiger partial charge in [-0.1, -0.05) is 19.3 Å². The average Bonchev–Trinajstić information content (AvgIpc) is 3.09. The molecule has 1 fully saturated rings. The van der Waals surface area contributed by atoms with Gasteiger partial charge in [-0.3, -0.25) is 19.2 Å². The molecule has 1 saturated carbocycles. The van der Waals surface area contributed by atoms with Crippen molar-refractivity contribution in [2.75, 3.05) is 6.54 Å². The van der Waals surface area contributed by atoms with Gasteiger partial charge in [0.05, 0.1) is 17.7 Å². The molecule has 2 aliphatic carbocycles. The minimum Gasteiger partial charge on any atom is -0.507 e. The monoisotopic (exact) mass is 482 g/mol. The molecule has 1 amide bonds. The van der Waals surface area contributed by atoms with E-state index in [1.165, 1.54) is 27.2 Å². The molecule has 1 aromatic carbocycles. The number of ether oxygens (including phenoxy) is 1. The van der Waals surface area contributed by atoms with Crippen LogP contribution >= 0.6 is 0 Å². The minimum absolute atomic E-state index is 0.0297. The lowest BCUT2D eigenvalue weighted by Gasteiger charge is -2.29. The Morgan fingerprint density at radius 3 is 2.40 bits per heavy atom. The smallest absolute Gasteiger partial charge is 0.239 e. The van der Waals surface area contributed by atoms with Crippen LogP contribution in [0.1, 0.15) is 74.4 Å². The SMILES string of the molecule is CC(=O)c1c(O)c(C)c(O)c2c1OC1=CC(=O)C(=C(C)NCC(=O)NC3CCCCC3)C(=O)C12C. The van der Waals surface area contributed by atoms with Crippen LogP contribution in [0.5, 0.6) is 17.2 Å². The molecule has 1 aromatic rings. The zero-order valence-electron chi connectivity index (χ0n) is 20.3. The van der Waals surface area contributed by atoms with Crippen LogP contribution in [0.2, 0.25) is 0 Å². The van der Waals surface area contributed by atoms with Crippen LogP contribution in [-0.4, -0.2) is 46.1 Å². The van der Waals surface area contributed by atoms with Gasteiger partial charge in [0.1, 0.15) is 34.0 Å². The average molecular weight is 483 g/mol. The first-order valence-corrected chi connectivity index (χ1v) is 11.8. The number of allylic oxidation sites excluding steroid dienone is 4.